The zero-order chi connectivity index (χ0) is 10.9. The number of hydrogen-bond donors (Lipinski definition) is 1. The Kier molecular flexibility index (Phi) is 6.98. The summed E-state index contributed by atoms with van der Waals surface area (Å²) < 4.78 is 11.1. The Morgan fingerprint density at radius 3 is 2.67 bits per heavy atom. The second-order valence-corrected chi connectivity index (χ2v) is 4.35. The average Bonchev–Trinajstić information content (AvgIpc) is 2.19. The lowest BCUT2D eigenvalue weighted by Crippen LogP contribution is -2.37. The summed E-state index contributed by atoms with van der Waals surface area (Å²) in [6, 6.07) is 0. The molecular weight excluding hydrogens is 190 g/mol. The van der Waals surface area contributed by atoms with Crippen LogP contribution in [0.25, 0.3) is 0 Å². The summed E-state index contributed by atoms with van der Waals surface area (Å²) in [6.07, 6.45) is 5.30. The lowest BCUT2D eigenvalue weighted by Gasteiger charge is -2.34. The lowest BCUT2D eigenvalue weighted by atomic mass is 9.82. The molecule has 1 N–H and O–H groups in total. The summed E-state index contributed by atoms with van der Waals surface area (Å²) in [6.45, 7) is 5.71. The molecular formula is C12H25NO2. The van der Waals surface area contributed by atoms with Gasteiger partial charge in [-0.05, 0) is 38.8 Å². The monoisotopic (exact) mass is 215 g/mol. The maximum atomic E-state index is 5.68. The van der Waals surface area contributed by atoms with Gasteiger partial charge >= 0.3 is 0 Å². The maximum absolute atomic E-state index is 5.68. The third-order valence-corrected chi connectivity index (χ3v) is 2.91. The lowest BCUT2D eigenvalue weighted by molar-refractivity contribution is -0.0520. The summed E-state index contributed by atoms with van der Waals surface area (Å²) in [5, 5.41) is 3.20. The summed E-state index contributed by atoms with van der Waals surface area (Å²) >= 11 is 0. The predicted octanol–water partition coefficient (Wildman–Crippen LogP) is 1.82. The van der Waals surface area contributed by atoms with E-state index in [0.29, 0.717) is 6.10 Å². The van der Waals surface area contributed by atoms with E-state index in [-0.39, 0.29) is 0 Å². The smallest absolute Gasteiger partial charge is 0.0704 e. The highest BCUT2D eigenvalue weighted by molar-refractivity contribution is 4.81. The second kappa shape index (κ2) is 8.08. The van der Waals surface area contributed by atoms with Crippen molar-refractivity contribution in [2.75, 3.05) is 33.4 Å². The third kappa shape index (κ3) is 5.50. The number of unbranched alkanes of at least 4 members (excludes halogenated alkanes) is 1. The Hall–Kier alpha value is -0.120. The Bertz CT molecular complexity index is 147. The van der Waals surface area contributed by atoms with Crippen LogP contribution in [0.3, 0.4) is 0 Å². The minimum atomic E-state index is 0.498. The van der Waals surface area contributed by atoms with Crippen molar-refractivity contribution < 1.29 is 9.47 Å². The molecule has 1 aliphatic carbocycles. The van der Waals surface area contributed by atoms with Gasteiger partial charge in [0.2, 0.25) is 0 Å². The number of hydrogen-bond acceptors (Lipinski definition) is 3. The van der Waals surface area contributed by atoms with Crippen molar-refractivity contribution in [3.05, 3.63) is 0 Å². The molecule has 0 heterocycles. The van der Waals surface area contributed by atoms with Crippen LogP contribution in [0.5, 0.6) is 0 Å². The standard InChI is InChI=1S/C12H25NO2/c1-3-4-5-14-6-7-15-12-8-11(9-12)10-13-2/h11-13H,3-10H2,1-2H3. The van der Waals surface area contributed by atoms with Crippen LogP contribution < -0.4 is 5.32 Å². The molecule has 0 spiro atoms. The van der Waals surface area contributed by atoms with Gasteiger partial charge in [0.25, 0.3) is 0 Å². The summed E-state index contributed by atoms with van der Waals surface area (Å²) in [4.78, 5) is 0. The predicted molar refractivity (Wildman–Crippen MR) is 62.1 cm³/mol. The molecule has 3 nitrogen and oxygen atoms in total. The van der Waals surface area contributed by atoms with E-state index in [9.17, 15) is 0 Å². The molecule has 1 aliphatic rings. The minimum absolute atomic E-state index is 0.498. The topological polar surface area (TPSA) is 30.5 Å². The third-order valence-electron chi connectivity index (χ3n) is 2.91. The Morgan fingerprint density at radius 2 is 2.00 bits per heavy atom. The van der Waals surface area contributed by atoms with Crippen LogP contribution >= 0.6 is 0 Å². The molecule has 3 heteroatoms. The van der Waals surface area contributed by atoms with Crippen LogP contribution in [0, 0.1) is 5.92 Å². The molecule has 0 unspecified atom stereocenters. The zero-order valence-corrected chi connectivity index (χ0v) is 10.1. The highest BCUT2D eigenvalue weighted by Gasteiger charge is 2.28. The van der Waals surface area contributed by atoms with Crippen LogP contribution in [0.1, 0.15) is 32.6 Å². The Labute approximate surface area is 93.5 Å². The van der Waals surface area contributed by atoms with E-state index >= 15 is 0 Å². The van der Waals surface area contributed by atoms with Gasteiger partial charge in [-0.15, -0.1) is 0 Å². The van der Waals surface area contributed by atoms with Crippen LogP contribution in [0.15, 0.2) is 0 Å². The molecule has 90 valence electrons. The van der Waals surface area contributed by atoms with Gasteiger partial charge < -0.3 is 14.8 Å². The minimum Gasteiger partial charge on any atom is -0.379 e. The van der Waals surface area contributed by atoms with Gasteiger partial charge in [0.15, 0.2) is 0 Å². The average molecular weight is 215 g/mol. The van der Waals surface area contributed by atoms with Crippen molar-refractivity contribution in [1.29, 1.82) is 0 Å². The van der Waals surface area contributed by atoms with E-state index in [0.717, 1.165) is 38.7 Å². The molecule has 0 saturated heterocycles. The molecule has 0 aromatic carbocycles. The Balaban J connectivity index is 1.78. The van der Waals surface area contributed by atoms with E-state index in [2.05, 4.69) is 12.2 Å². The molecule has 0 radical (unpaired) electrons. The first kappa shape index (κ1) is 12.9. The van der Waals surface area contributed by atoms with Crippen LogP contribution in [-0.4, -0.2) is 39.5 Å². The summed E-state index contributed by atoms with van der Waals surface area (Å²) in [5.74, 6) is 0.834. The van der Waals surface area contributed by atoms with Gasteiger partial charge in [-0.2, -0.15) is 0 Å². The quantitative estimate of drug-likeness (QED) is 0.595. The van der Waals surface area contributed by atoms with Crippen molar-refractivity contribution in [1.82, 2.24) is 5.32 Å². The molecule has 1 saturated carbocycles. The molecule has 1 fully saturated rings. The van der Waals surface area contributed by atoms with Crippen LogP contribution in [0.2, 0.25) is 0 Å². The molecule has 0 atom stereocenters. The van der Waals surface area contributed by atoms with Crippen molar-refractivity contribution in [3.63, 3.8) is 0 Å². The SMILES string of the molecule is CCCCOCCOC1CC(CNC)C1. The van der Waals surface area contributed by atoms with Crippen molar-refractivity contribution in [2.24, 2.45) is 5.92 Å². The van der Waals surface area contributed by atoms with Crippen LogP contribution in [-0.2, 0) is 9.47 Å². The van der Waals surface area contributed by atoms with Crippen LogP contribution in [0.4, 0.5) is 0 Å². The number of ether oxygens (including phenoxy) is 2. The van der Waals surface area contributed by atoms with Gasteiger partial charge in [-0.1, -0.05) is 13.3 Å². The number of nitrogens with one attached hydrogen (secondary N) is 1. The first-order valence-corrected chi connectivity index (χ1v) is 6.20. The van der Waals surface area contributed by atoms with Gasteiger partial charge in [0, 0.05) is 6.61 Å². The van der Waals surface area contributed by atoms with Gasteiger partial charge in [0.05, 0.1) is 19.3 Å². The van der Waals surface area contributed by atoms with Crippen molar-refractivity contribution >= 4 is 0 Å². The van der Waals surface area contributed by atoms with Gasteiger partial charge in [0.1, 0.15) is 0 Å². The summed E-state index contributed by atoms with van der Waals surface area (Å²) in [5.41, 5.74) is 0. The zero-order valence-electron chi connectivity index (χ0n) is 10.1. The fourth-order valence-electron chi connectivity index (χ4n) is 1.89. The molecule has 0 amide bonds. The molecule has 15 heavy (non-hydrogen) atoms. The van der Waals surface area contributed by atoms with E-state index in [4.69, 9.17) is 9.47 Å². The second-order valence-electron chi connectivity index (χ2n) is 4.35. The maximum Gasteiger partial charge on any atom is 0.0704 e. The molecule has 1 rings (SSSR count). The van der Waals surface area contributed by atoms with E-state index in [1.807, 2.05) is 7.05 Å². The van der Waals surface area contributed by atoms with Crippen molar-refractivity contribution in [2.45, 2.75) is 38.7 Å². The summed E-state index contributed by atoms with van der Waals surface area (Å²) in [7, 11) is 2.01. The van der Waals surface area contributed by atoms with E-state index in [1.165, 1.54) is 19.3 Å². The van der Waals surface area contributed by atoms with Gasteiger partial charge in [-0.25, -0.2) is 0 Å². The molecule has 0 aromatic heterocycles. The van der Waals surface area contributed by atoms with E-state index < -0.39 is 0 Å². The van der Waals surface area contributed by atoms with Gasteiger partial charge in [-0.3, -0.25) is 0 Å². The Morgan fingerprint density at radius 1 is 1.20 bits per heavy atom. The molecule has 0 aliphatic heterocycles. The first-order chi connectivity index (χ1) is 7.36. The highest BCUT2D eigenvalue weighted by Crippen LogP contribution is 2.29. The first-order valence-electron chi connectivity index (χ1n) is 6.20. The number of rotatable bonds is 9. The largest absolute Gasteiger partial charge is 0.379 e. The molecule has 0 bridgehead atoms. The van der Waals surface area contributed by atoms with Crippen molar-refractivity contribution in [3.8, 4) is 0 Å². The fraction of sp³-hybridized carbons (Fsp3) is 1.00. The normalized spacial score (nSPS) is 25.2. The van der Waals surface area contributed by atoms with E-state index in [1.54, 1.807) is 0 Å². The highest BCUT2D eigenvalue weighted by atomic mass is 16.5. The molecule has 0 aromatic rings. The fourth-order valence-corrected chi connectivity index (χ4v) is 1.89.